The van der Waals surface area contributed by atoms with Gasteiger partial charge in [-0.05, 0) is 49.9 Å². The fourth-order valence-corrected chi connectivity index (χ4v) is 4.74. The fraction of sp³-hybridized carbons (Fsp3) is 0.480. The summed E-state index contributed by atoms with van der Waals surface area (Å²) in [6.07, 6.45) is 3.57. The molecule has 1 aromatic heterocycles. The molecule has 2 fully saturated rings. The fourth-order valence-electron chi connectivity index (χ4n) is 4.74. The maximum atomic E-state index is 13.2. The number of pyridine rings is 1. The van der Waals surface area contributed by atoms with Gasteiger partial charge in [-0.15, -0.1) is 0 Å². The predicted molar refractivity (Wildman–Crippen MR) is 120 cm³/mol. The molecule has 0 saturated carbocycles. The Hall–Kier alpha value is -2.89. The summed E-state index contributed by atoms with van der Waals surface area (Å²) in [5.41, 5.74) is 3.00. The van der Waals surface area contributed by atoms with Crippen molar-refractivity contribution in [1.82, 2.24) is 14.8 Å². The lowest BCUT2D eigenvalue weighted by Gasteiger charge is -2.37. The van der Waals surface area contributed by atoms with Crippen LogP contribution in [0.15, 0.2) is 42.5 Å². The molecular formula is C25H31N3O3. The zero-order valence-electron chi connectivity index (χ0n) is 18.4. The van der Waals surface area contributed by atoms with Crippen molar-refractivity contribution in [2.24, 2.45) is 5.92 Å². The first-order valence-electron chi connectivity index (χ1n) is 11.2. The molecule has 2 saturated heterocycles. The number of hydrogen-bond donors (Lipinski definition) is 0. The molecule has 164 valence electrons. The Morgan fingerprint density at radius 3 is 2.52 bits per heavy atom. The molecule has 0 bridgehead atoms. The first-order chi connectivity index (χ1) is 15.0. The van der Waals surface area contributed by atoms with Crippen molar-refractivity contribution in [3.63, 3.8) is 0 Å². The second-order valence-corrected chi connectivity index (χ2v) is 8.58. The molecule has 3 heterocycles. The van der Waals surface area contributed by atoms with Gasteiger partial charge in [0, 0.05) is 56.2 Å². The van der Waals surface area contributed by atoms with E-state index in [0.29, 0.717) is 13.1 Å². The molecule has 6 heteroatoms. The third kappa shape index (κ3) is 4.89. The minimum Gasteiger partial charge on any atom is -0.497 e. The summed E-state index contributed by atoms with van der Waals surface area (Å²) in [5, 5.41) is 0. The van der Waals surface area contributed by atoms with Gasteiger partial charge in [0.05, 0.1) is 12.8 Å². The van der Waals surface area contributed by atoms with E-state index in [1.807, 2.05) is 40.1 Å². The van der Waals surface area contributed by atoms with Gasteiger partial charge in [-0.3, -0.25) is 14.6 Å². The number of ether oxygens (including phenoxy) is 1. The molecule has 31 heavy (non-hydrogen) atoms. The molecule has 1 atom stereocenters. The van der Waals surface area contributed by atoms with Gasteiger partial charge >= 0.3 is 0 Å². The molecular weight excluding hydrogens is 390 g/mol. The van der Waals surface area contributed by atoms with E-state index in [0.717, 1.165) is 61.5 Å². The predicted octanol–water partition coefficient (Wildman–Crippen LogP) is 3.72. The first kappa shape index (κ1) is 21.3. The summed E-state index contributed by atoms with van der Waals surface area (Å²) >= 11 is 0. The minimum absolute atomic E-state index is 0.0328. The number of nitrogens with zero attached hydrogens (tertiary/aromatic N) is 3. The molecule has 0 unspecified atom stereocenters. The van der Waals surface area contributed by atoms with Crippen molar-refractivity contribution in [1.29, 1.82) is 0 Å². The molecule has 4 rings (SSSR count). The van der Waals surface area contributed by atoms with E-state index in [2.05, 4.69) is 12.1 Å². The van der Waals surface area contributed by atoms with E-state index in [-0.39, 0.29) is 23.7 Å². The third-order valence-corrected chi connectivity index (χ3v) is 6.58. The molecule has 1 aromatic carbocycles. The van der Waals surface area contributed by atoms with Crippen LogP contribution in [0, 0.1) is 5.92 Å². The molecule has 0 N–H and O–H groups in total. The molecule has 6 nitrogen and oxygen atoms in total. The Bertz CT molecular complexity index is 937. The van der Waals surface area contributed by atoms with Crippen molar-refractivity contribution < 1.29 is 14.3 Å². The lowest BCUT2D eigenvalue weighted by molar-refractivity contribution is -0.141. The smallest absolute Gasteiger partial charge is 0.225 e. The Morgan fingerprint density at radius 2 is 1.77 bits per heavy atom. The number of amides is 2. The quantitative estimate of drug-likeness (QED) is 0.755. The van der Waals surface area contributed by atoms with E-state index < -0.39 is 0 Å². The Balaban J connectivity index is 1.44. The molecule has 2 amide bonds. The van der Waals surface area contributed by atoms with Gasteiger partial charge in [-0.1, -0.05) is 18.2 Å². The number of benzene rings is 1. The van der Waals surface area contributed by atoms with Gasteiger partial charge in [-0.25, -0.2) is 0 Å². The van der Waals surface area contributed by atoms with Crippen LogP contribution in [0.4, 0.5) is 0 Å². The summed E-state index contributed by atoms with van der Waals surface area (Å²) in [6, 6.07) is 14.1. The minimum atomic E-state index is 0.0328. The second kappa shape index (κ2) is 9.50. The zero-order valence-corrected chi connectivity index (χ0v) is 18.4. The summed E-state index contributed by atoms with van der Waals surface area (Å²) < 4.78 is 5.35. The summed E-state index contributed by atoms with van der Waals surface area (Å²) in [5.74, 6) is 1.45. The summed E-state index contributed by atoms with van der Waals surface area (Å²) in [7, 11) is 1.67. The normalized spacial score (nSPS) is 19.9. The summed E-state index contributed by atoms with van der Waals surface area (Å²) in [6.45, 7) is 4.52. The van der Waals surface area contributed by atoms with Gasteiger partial charge in [-0.2, -0.15) is 0 Å². The number of piperidine rings is 2. The van der Waals surface area contributed by atoms with E-state index in [1.54, 1.807) is 14.0 Å². The molecule has 0 radical (unpaired) electrons. The maximum absolute atomic E-state index is 13.2. The van der Waals surface area contributed by atoms with Crippen LogP contribution in [-0.2, 0) is 9.59 Å². The van der Waals surface area contributed by atoms with Crippen molar-refractivity contribution in [2.75, 3.05) is 33.3 Å². The largest absolute Gasteiger partial charge is 0.497 e. The second-order valence-electron chi connectivity index (χ2n) is 8.58. The topological polar surface area (TPSA) is 62.7 Å². The average molecular weight is 422 g/mol. The number of aromatic nitrogens is 1. The summed E-state index contributed by atoms with van der Waals surface area (Å²) in [4.78, 5) is 33.5. The van der Waals surface area contributed by atoms with Gasteiger partial charge in [0.1, 0.15) is 5.75 Å². The highest BCUT2D eigenvalue weighted by Gasteiger charge is 2.32. The average Bonchev–Trinajstić information content (AvgIpc) is 2.84. The van der Waals surface area contributed by atoms with Crippen LogP contribution in [0.2, 0.25) is 0 Å². The molecule has 2 aromatic rings. The van der Waals surface area contributed by atoms with Gasteiger partial charge in [0.25, 0.3) is 0 Å². The lowest BCUT2D eigenvalue weighted by atomic mass is 9.90. The van der Waals surface area contributed by atoms with Crippen molar-refractivity contribution in [2.45, 2.75) is 38.5 Å². The Labute approximate surface area is 184 Å². The van der Waals surface area contributed by atoms with Crippen LogP contribution < -0.4 is 4.74 Å². The number of likely N-dealkylation sites (tertiary alicyclic amines) is 2. The standard InChI is InChI=1S/C25H31N3O3/c1-18(29)27-14-11-19(12-15-27)25(30)28-13-5-7-21(17-28)24-10-4-9-23(26-24)20-6-3-8-22(16-20)31-2/h3-4,6,8-10,16,19,21H,5,7,11-15,17H2,1-2H3/t21-/m1/s1. The van der Waals surface area contributed by atoms with Crippen molar-refractivity contribution in [3.8, 4) is 17.0 Å². The van der Waals surface area contributed by atoms with Crippen LogP contribution in [0.1, 0.15) is 44.2 Å². The Morgan fingerprint density at radius 1 is 1.00 bits per heavy atom. The van der Waals surface area contributed by atoms with Crippen LogP contribution in [0.3, 0.4) is 0 Å². The van der Waals surface area contributed by atoms with Crippen LogP contribution in [0.25, 0.3) is 11.3 Å². The molecule has 0 spiro atoms. The lowest BCUT2D eigenvalue weighted by Crippen LogP contribution is -2.46. The number of carbonyl (C=O) groups is 2. The van der Waals surface area contributed by atoms with E-state index >= 15 is 0 Å². The maximum Gasteiger partial charge on any atom is 0.225 e. The monoisotopic (exact) mass is 421 g/mol. The van der Waals surface area contributed by atoms with Crippen LogP contribution >= 0.6 is 0 Å². The number of carbonyl (C=O) groups excluding carboxylic acids is 2. The molecule has 0 aliphatic carbocycles. The third-order valence-electron chi connectivity index (χ3n) is 6.58. The number of rotatable bonds is 4. The SMILES string of the molecule is COc1cccc(-c2cccc([C@@H]3CCCN(C(=O)C4CCN(C(C)=O)CC4)C3)n2)c1. The van der Waals surface area contributed by atoms with Crippen LogP contribution in [0.5, 0.6) is 5.75 Å². The van der Waals surface area contributed by atoms with E-state index in [9.17, 15) is 9.59 Å². The van der Waals surface area contributed by atoms with Gasteiger partial charge < -0.3 is 14.5 Å². The number of methoxy groups -OCH3 is 1. The van der Waals surface area contributed by atoms with Gasteiger partial charge in [0.2, 0.25) is 11.8 Å². The van der Waals surface area contributed by atoms with Crippen molar-refractivity contribution >= 4 is 11.8 Å². The van der Waals surface area contributed by atoms with Crippen LogP contribution in [-0.4, -0.2) is 59.9 Å². The van der Waals surface area contributed by atoms with Gasteiger partial charge in [0.15, 0.2) is 0 Å². The zero-order chi connectivity index (χ0) is 21.8. The Kier molecular flexibility index (Phi) is 6.54. The van der Waals surface area contributed by atoms with E-state index in [1.165, 1.54) is 0 Å². The highest BCUT2D eigenvalue weighted by Crippen LogP contribution is 2.30. The van der Waals surface area contributed by atoms with E-state index in [4.69, 9.17) is 9.72 Å². The first-order valence-corrected chi connectivity index (χ1v) is 11.2. The molecule has 2 aliphatic heterocycles. The van der Waals surface area contributed by atoms with Crippen molar-refractivity contribution in [3.05, 3.63) is 48.2 Å². The molecule has 2 aliphatic rings. The highest BCUT2D eigenvalue weighted by atomic mass is 16.5. The number of hydrogen-bond acceptors (Lipinski definition) is 4. The highest BCUT2D eigenvalue weighted by molar-refractivity contribution is 5.80.